The highest BCUT2D eigenvalue weighted by molar-refractivity contribution is 6.12. The summed E-state index contributed by atoms with van der Waals surface area (Å²) in [5.74, 6) is 2.06. The summed E-state index contributed by atoms with van der Waals surface area (Å²) in [5.41, 5.74) is 4.71. The van der Waals surface area contributed by atoms with Gasteiger partial charge < -0.3 is 14.5 Å². The largest absolute Gasteiger partial charge is 0.490 e. The molecule has 5 nitrogen and oxygen atoms in total. The molecule has 5 heteroatoms. The van der Waals surface area contributed by atoms with Gasteiger partial charge in [0.1, 0.15) is 17.0 Å². The topological polar surface area (TPSA) is 60.2 Å². The molecule has 0 aliphatic rings. The lowest BCUT2D eigenvalue weighted by atomic mass is 10.0. The second-order valence-electron chi connectivity index (χ2n) is 7.07. The number of benzene rings is 2. The third-order valence-corrected chi connectivity index (χ3v) is 5.00. The highest BCUT2D eigenvalue weighted by Gasteiger charge is 2.15. The summed E-state index contributed by atoms with van der Waals surface area (Å²) < 4.78 is 11.9. The lowest BCUT2D eigenvalue weighted by Gasteiger charge is -2.13. The van der Waals surface area contributed by atoms with E-state index < -0.39 is 0 Å². The molecule has 0 aliphatic carbocycles. The molecule has 30 heavy (non-hydrogen) atoms. The minimum atomic E-state index is 0.542. The average Bonchev–Trinajstić information content (AvgIpc) is 3.14. The minimum absolute atomic E-state index is 0.542. The third kappa shape index (κ3) is 3.24. The van der Waals surface area contributed by atoms with Crippen LogP contribution in [0, 0.1) is 6.92 Å². The molecule has 0 unspecified atom stereocenters. The summed E-state index contributed by atoms with van der Waals surface area (Å²) in [5, 5.41) is 5.44. The zero-order valence-corrected chi connectivity index (χ0v) is 16.8. The molecule has 0 spiro atoms. The molecule has 0 amide bonds. The molecule has 0 radical (unpaired) electrons. The van der Waals surface area contributed by atoms with E-state index >= 15 is 0 Å². The number of fused-ring (bicyclic) bond motifs is 3. The summed E-state index contributed by atoms with van der Waals surface area (Å²) in [4.78, 5) is 9.16. The number of hydrogen-bond acceptors (Lipinski definition) is 5. The van der Waals surface area contributed by atoms with Crippen LogP contribution in [0.4, 0.5) is 11.6 Å². The molecule has 0 saturated heterocycles. The number of para-hydroxylation sites is 1. The van der Waals surface area contributed by atoms with Gasteiger partial charge in [-0.15, -0.1) is 0 Å². The van der Waals surface area contributed by atoms with Gasteiger partial charge in [0.25, 0.3) is 0 Å². The second-order valence-corrected chi connectivity index (χ2v) is 7.07. The number of rotatable bonds is 5. The predicted molar refractivity (Wildman–Crippen MR) is 120 cm³/mol. The fraction of sp³-hybridized carbons (Fsp3) is 0.120. The van der Waals surface area contributed by atoms with E-state index in [1.165, 1.54) is 0 Å². The minimum Gasteiger partial charge on any atom is -0.490 e. The Kier molecular flexibility index (Phi) is 4.56. The molecule has 3 aromatic heterocycles. The summed E-state index contributed by atoms with van der Waals surface area (Å²) in [7, 11) is 0. The van der Waals surface area contributed by atoms with Crippen molar-refractivity contribution >= 4 is 33.6 Å². The normalized spacial score (nSPS) is 11.1. The maximum Gasteiger partial charge on any atom is 0.174 e. The number of nitrogens with zero attached hydrogens (tertiary/aromatic N) is 2. The van der Waals surface area contributed by atoms with Crippen molar-refractivity contribution in [2.45, 2.75) is 13.8 Å². The summed E-state index contributed by atoms with van der Waals surface area (Å²) in [6.07, 6.45) is 1.86. The van der Waals surface area contributed by atoms with Gasteiger partial charge in [-0.25, -0.2) is 9.97 Å². The Bertz CT molecular complexity index is 1360. The smallest absolute Gasteiger partial charge is 0.174 e. The molecular formula is C25H21N3O2. The lowest BCUT2D eigenvalue weighted by molar-refractivity contribution is 0.341. The average molecular weight is 395 g/mol. The van der Waals surface area contributed by atoms with Gasteiger partial charge in [0.15, 0.2) is 11.6 Å². The van der Waals surface area contributed by atoms with Gasteiger partial charge in [-0.05, 0) is 49.7 Å². The molecule has 0 aliphatic heterocycles. The van der Waals surface area contributed by atoms with Crippen molar-refractivity contribution < 1.29 is 9.15 Å². The van der Waals surface area contributed by atoms with Crippen LogP contribution in [0.5, 0.6) is 5.75 Å². The second kappa shape index (κ2) is 7.52. The highest BCUT2D eigenvalue weighted by Crippen LogP contribution is 2.38. The maximum atomic E-state index is 6.03. The highest BCUT2D eigenvalue weighted by atomic mass is 16.5. The van der Waals surface area contributed by atoms with Crippen LogP contribution in [0.2, 0.25) is 0 Å². The molecule has 5 rings (SSSR count). The number of nitrogens with one attached hydrogen (secondary N) is 1. The van der Waals surface area contributed by atoms with Crippen molar-refractivity contribution in [2.24, 2.45) is 0 Å². The van der Waals surface area contributed by atoms with Crippen LogP contribution < -0.4 is 10.1 Å². The molecule has 0 fully saturated rings. The molecule has 0 bridgehead atoms. The van der Waals surface area contributed by atoms with Crippen molar-refractivity contribution in [3.05, 3.63) is 78.6 Å². The Morgan fingerprint density at radius 3 is 2.67 bits per heavy atom. The van der Waals surface area contributed by atoms with E-state index in [4.69, 9.17) is 9.15 Å². The van der Waals surface area contributed by atoms with Gasteiger partial charge in [-0.3, -0.25) is 0 Å². The van der Waals surface area contributed by atoms with Crippen LogP contribution in [0.1, 0.15) is 12.6 Å². The zero-order valence-electron chi connectivity index (χ0n) is 16.8. The fourth-order valence-electron chi connectivity index (χ4n) is 3.70. The SMILES string of the molecule is CCOc1cc(-c2cccc3oc4ccccc4c23)cnc1Nc1cccc(C)n1. The van der Waals surface area contributed by atoms with E-state index in [0.717, 1.165) is 44.6 Å². The van der Waals surface area contributed by atoms with Gasteiger partial charge in [-0.1, -0.05) is 36.4 Å². The third-order valence-electron chi connectivity index (χ3n) is 5.00. The van der Waals surface area contributed by atoms with E-state index in [9.17, 15) is 0 Å². The van der Waals surface area contributed by atoms with Crippen molar-refractivity contribution in [1.29, 1.82) is 0 Å². The quantitative estimate of drug-likeness (QED) is 0.368. The van der Waals surface area contributed by atoms with Gasteiger partial charge in [0.05, 0.1) is 6.61 Å². The number of hydrogen-bond donors (Lipinski definition) is 1. The van der Waals surface area contributed by atoms with Crippen LogP contribution >= 0.6 is 0 Å². The Balaban J connectivity index is 1.62. The molecular weight excluding hydrogens is 374 g/mol. The summed E-state index contributed by atoms with van der Waals surface area (Å²) >= 11 is 0. The first-order chi connectivity index (χ1) is 14.7. The Morgan fingerprint density at radius 1 is 0.967 bits per heavy atom. The van der Waals surface area contributed by atoms with E-state index in [0.29, 0.717) is 18.2 Å². The van der Waals surface area contributed by atoms with Crippen LogP contribution in [0.25, 0.3) is 33.1 Å². The fourth-order valence-corrected chi connectivity index (χ4v) is 3.70. The number of anilines is 2. The summed E-state index contributed by atoms with van der Waals surface area (Å²) in [6.45, 7) is 4.46. The Hall–Kier alpha value is -3.86. The number of furan rings is 1. The van der Waals surface area contributed by atoms with Crippen LogP contribution in [0.3, 0.4) is 0 Å². The first-order valence-corrected chi connectivity index (χ1v) is 9.97. The lowest BCUT2D eigenvalue weighted by Crippen LogP contribution is -2.02. The van der Waals surface area contributed by atoms with E-state index in [2.05, 4.69) is 27.4 Å². The van der Waals surface area contributed by atoms with E-state index in [1.54, 1.807) is 0 Å². The summed E-state index contributed by atoms with van der Waals surface area (Å²) in [6, 6.07) is 22.0. The first kappa shape index (κ1) is 18.2. The van der Waals surface area contributed by atoms with Gasteiger partial charge in [0, 0.05) is 28.2 Å². The van der Waals surface area contributed by atoms with Gasteiger partial charge >= 0.3 is 0 Å². The molecule has 2 aromatic carbocycles. The van der Waals surface area contributed by atoms with E-state index in [1.807, 2.05) is 74.6 Å². The van der Waals surface area contributed by atoms with E-state index in [-0.39, 0.29) is 0 Å². The molecule has 1 N–H and O–H groups in total. The van der Waals surface area contributed by atoms with Crippen LogP contribution in [-0.4, -0.2) is 16.6 Å². The van der Waals surface area contributed by atoms with Crippen molar-refractivity contribution in [3.8, 4) is 16.9 Å². The standard InChI is InChI=1S/C25H21N3O2/c1-3-29-22-14-17(15-26-25(22)28-23-13-6-8-16(2)27-23)18-10-7-12-21-24(18)19-9-4-5-11-20(19)30-21/h4-15H,3H2,1-2H3,(H,26,27,28). The van der Waals surface area contributed by atoms with Crippen LogP contribution in [-0.2, 0) is 0 Å². The number of aromatic nitrogens is 2. The predicted octanol–water partition coefficient (Wildman–Crippen LogP) is 6.49. The monoisotopic (exact) mass is 395 g/mol. The molecule has 3 heterocycles. The number of ether oxygens (including phenoxy) is 1. The van der Waals surface area contributed by atoms with Gasteiger partial charge in [0.2, 0.25) is 0 Å². The molecule has 0 atom stereocenters. The molecule has 5 aromatic rings. The number of aryl methyl sites for hydroxylation is 1. The zero-order chi connectivity index (χ0) is 20.5. The van der Waals surface area contributed by atoms with Crippen molar-refractivity contribution in [3.63, 3.8) is 0 Å². The first-order valence-electron chi connectivity index (χ1n) is 9.97. The molecule has 148 valence electrons. The Labute approximate surface area is 174 Å². The Morgan fingerprint density at radius 2 is 1.80 bits per heavy atom. The van der Waals surface area contributed by atoms with Crippen LogP contribution in [0.15, 0.2) is 77.3 Å². The number of pyridine rings is 2. The van der Waals surface area contributed by atoms with Gasteiger partial charge in [-0.2, -0.15) is 0 Å². The molecule has 0 saturated carbocycles. The van der Waals surface area contributed by atoms with Crippen molar-refractivity contribution in [2.75, 3.05) is 11.9 Å². The maximum absolute atomic E-state index is 6.03. The van der Waals surface area contributed by atoms with Crippen molar-refractivity contribution in [1.82, 2.24) is 9.97 Å².